The van der Waals surface area contributed by atoms with Crippen molar-refractivity contribution in [2.24, 2.45) is 9.98 Å². The van der Waals surface area contributed by atoms with Crippen LogP contribution in [-0.2, 0) is 0 Å². The Bertz CT molecular complexity index is 700. The number of rotatable bonds is 1. The van der Waals surface area contributed by atoms with E-state index in [1.54, 1.807) is 18.5 Å². The number of allylic oxidation sites excluding steroid dienone is 2. The standard InChI is InChI=1S/C7H12N2.C6H10N2.C6H12N2.C4H4N2/c1-3-9-6-4-5-8-7(9)2;1-6-3-4-8(2)5-7-6;1-7-4-3-5-8(2)6-7;1-2-5-4-6-3-1/h4-7H,3H2,1-2H3;3-4H,5H2,1-2H3;3-4H,5-6H2,1-2H3;1-4H. The molecule has 3 aliphatic heterocycles. The summed E-state index contributed by atoms with van der Waals surface area (Å²) in [6.45, 7) is 10.2. The normalized spacial score (nSPS) is 19.4. The zero-order valence-electron chi connectivity index (χ0n) is 19.8. The van der Waals surface area contributed by atoms with Gasteiger partial charge in [-0.25, -0.2) is 9.97 Å². The topological polar surface area (TPSA) is 63.5 Å². The molecule has 0 saturated heterocycles. The predicted octanol–water partition coefficient (Wildman–Crippen LogP) is 2.93. The number of nitrogens with zero attached hydrogens (tertiary/aromatic N) is 8. The van der Waals surface area contributed by atoms with Crippen molar-refractivity contribution in [3.05, 3.63) is 61.6 Å². The van der Waals surface area contributed by atoms with Gasteiger partial charge in [0.05, 0.1) is 6.67 Å². The van der Waals surface area contributed by atoms with Gasteiger partial charge in [0.1, 0.15) is 19.2 Å². The quantitative estimate of drug-likeness (QED) is 0.688. The van der Waals surface area contributed by atoms with Gasteiger partial charge >= 0.3 is 0 Å². The summed E-state index contributed by atoms with van der Waals surface area (Å²) in [7, 11) is 6.19. The second kappa shape index (κ2) is 15.8. The van der Waals surface area contributed by atoms with E-state index in [4.69, 9.17) is 0 Å². The van der Waals surface area contributed by atoms with Gasteiger partial charge in [0.15, 0.2) is 0 Å². The Kier molecular flexibility index (Phi) is 13.3. The van der Waals surface area contributed by atoms with Crippen LogP contribution in [0.3, 0.4) is 0 Å². The molecule has 8 nitrogen and oxygen atoms in total. The Morgan fingerprint density at radius 2 is 1.77 bits per heavy atom. The largest absolute Gasteiger partial charge is 0.368 e. The zero-order valence-corrected chi connectivity index (χ0v) is 19.8. The first-order valence-corrected chi connectivity index (χ1v) is 10.5. The molecule has 31 heavy (non-hydrogen) atoms. The highest BCUT2D eigenvalue weighted by Gasteiger charge is 2.05. The second-order valence-electron chi connectivity index (χ2n) is 7.34. The molecule has 1 unspecified atom stereocenters. The van der Waals surface area contributed by atoms with Crippen molar-refractivity contribution in [3.8, 4) is 0 Å². The smallest absolute Gasteiger partial charge is 0.117 e. The van der Waals surface area contributed by atoms with Crippen molar-refractivity contribution in [2.45, 2.75) is 26.9 Å². The highest BCUT2D eigenvalue weighted by molar-refractivity contribution is 5.93. The maximum Gasteiger partial charge on any atom is 0.117 e. The Labute approximate surface area is 188 Å². The van der Waals surface area contributed by atoms with E-state index in [9.17, 15) is 0 Å². The number of aromatic nitrogens is 2. The fourth-order valence-electron chi connectivity index (χ4n) is 2.61. The van der Waals surface area contributed by atoms with Gasteiger partial charge in [-0.3, -0.25) is 14.9 Å². The Hall–Kier alpha value is -3.00. The van der Waals surface area contributed by atoms with Crippen LogP contribution in [0.25, 0.3) is 0 Å². The molecule has 1 aromatic rings. The lowest BCUT2D eigenvalue weighted by atomic mass is 10.4. The van der Waals surface area contributed by atoms with E-state index >= 15 is 0 Å². The fourth-order valence-corrected chi connectivity index (χ4v) is 2.61. The summed E-state index contributed by atoms with van der Waals surface area (Å²) in [6, 6.07) is 1.78. The highest BCUT2D eigenvalue weighted by atomic mass is 15.3. The minimum absolute atomic E-state index is 0.333. The van der Waals surface area contributed by atoms with Gasteiger partial charge in [0.25, 0.3) is 0 Å². The van der Waals surface area contributed by atoms with Crippen molar-refractivity contribution < 1.29 is 0 Å². The molecule has 0 spiro atoms. The van der Waals surface area contributed by atoms with Gasteiger partial charge in [-0.15, -0.1) is 0 Å². The van der Waals surface area contributed by atoms with E-state index in [0.717, 1.165) is 32.1 Å². The lowest BCUT2D eigenvalue weighted by molar-refractivity contribution is 0.229. The molecule has 0 saturated carbocycles. The van der Waals surface area contributed by atoms with Crippen molar-refractivity contribution >= 4 is 11.9 Å². The summed E-state index contributed by atoms with van der Waals surface area (Å²) in [5.41, 5.74) is 1.11. The van der Waals surface area contributed by atoms with E-state index in [1.807, 2.05) is 43.4 Å². The average Bonchev–Trinajstić information content (AvgIpc) is 2.78. The maximum absolute atomic E-state index is 4.20. The Morgan fingerprint density at radius 3 is 2.13 bits per heavy atom. The molecule has 1 aromatic heterocycles. The number of likely N-dealkylation sites (N-methyl/N-ethyl adjacent to an activating group) is 1. The fraction of sp³-hybridized carbons (Fsp3) is 0.478. The SMILES string of the molecule is CC1=NCN(C)C=C1.CCN1C=CC=NC1C.CN1C=CCN(C)C1.c1cncnc1. The summed E-state index contributed by atoms with van der Waals surface area (Å²) in [5, 5.41) is 0. The van der Waals surface area contributed by atoms with Gasteiger partial charge < -0.3 is 14.7 Å². The zero-order chi connectivity index (χ0) is 22.9. The molecule has 4 rings (SSSR count). The van der Waals surface area contributed by atoms with Gasteiger partial charge in [0.2, 0.25) is 0 Å². The third-order valence-corrected chi connectivity index (χ3v) is 4.34. The molecule has 170 valence electrons. The Balaban J connectivity index is 0.000000208. The van der Waals surface area contributed by atoms with Gasteiger partial charge in [-0.2, -0.15) is 0 Å². The van der Waals surface area contributed by atoms with Crippen LogP contribution in [0.1, 0.15) is 20.8 Å². The van der Waals surface area contributed by atoms with Crippen LogP contribution in [0.4, 0.5) is 0 Å². The average molecular weight is 427 g/mol. The van der Waals surface area contributed by atoms with Crippen molar-refractivity contribution in [2.75, 3.05) is 47.6 Å². The molecule has 0 aromatic carbocycles. The molecule has 3 aliphatic rings. The minimum atomic E-state index is 0.333. The molecule has 4 heterocycles. The van der Waals surface area contributed by atoms with E-state index in [0.29, 0.717) is 6.17 Å². The van der Waals surface area contributed by atoms with Crippen molar-refractivity contribution in [1.29, 1.82) is 0 Å². The molecule has 0 aliphatic carbocycles. The number of hydrogen-bond donors (Lipinski definition) is 0. The summed E-state index contributed by atoms with van der Waals surface area (Å²) in [6.07, 6.45) is 19.4. The van der Waals surface area contributed by atoms with Crippen LogP contribution < -0.4 is 0 Å². The maximum atomic E-state index is 4.20. The van der Waals surface area contributed by atoms with Crippen molar-refractivity contribution in [1.82, 2.24) is 29.6 Å². The summed E-state index contributed by atoms with van der Waals surface area (Å²) >= 11 is 0. The minimum Gasteiger partial charge on any atom is -0.368 e. The third kappa shape index (κ3) is 13.0. The second-order valence-corrected chi connectivity index (χ2v) is 7.34. The van der Waals surface area contributed by atoms with Crippen LogP contribution in [0.5, 0.6) is 0 Å². The van der Waals surface area contributed by atoms with Crippen LogP contribution in [-0.4, -0.2) is 95.2 Å². The van der Waals surface area contributed by atoms with Gasteiger partial charge in [-0.05, 0) is 52.2 Å². The molecular formula is C23H38N8. The lowest BCUT2D eigenvalue weighted by Gasteiger charge is -2.25. The third-order valence-electron chi connectivity index (χ3n) is 4.34. The molecule has 0 radical (unpaired) electrons. The summed E-state index contributed by atoms with van der Waals surface area (Å²) < 4.78 is 0. The van der Waals surface area contributed by atoms with E-state index < -0.39 is 0 Å². The first-order valence-electron chi connectivity index (χ1n) is 10.5. The van der Waals surface area contributed by atoms with Gasteiger partial charge in [-0.1, -0.05) is 6.08 Å². The molecule has 0 fully saturated rings. The predicted molar refractivity (Wildman–Crippen MR) is 131 cm³/mol. The lowest BCUT2D eigenvalue weighted by Crippen LogP contribution is -2.33. The molecule has 0 N–H and O–H groups in total. The van der Waals surface area contributed by atoms with Crippen LogP contribution in [0.15, 0.2) is 71.6 Å². The molecule has 8 heteroatoms. The first kappa shape index (κ1) is 26.0. The van der Waals surface area contributed by atoms with E-state index in [2.05, 4.69) is 81.1 Å². The summed E-state index contributed by atoms with van der Waals surface area (Å²) in [5.74, 6) is 0. The molecular weight excluding hydrogens is 388 g/mol. The van der Waals surface area contributed by atoms with Crippen LogP contribution in [0, 0.1) is 0 Å². The highest BCUT2D eigenvalue weighted by Crippen LogP contribution is 2.03. The first-order chi connectivity index (χ1) is 14.9. The molecule has 1 atom stereocenters. The Morgan fingerprint density at radius 1 is 1.03 bits per heavy atom. The van der Waals surface area contributed by atoms with E-state index in [-0.39, 0.29) is 0 Å². The molecule has 0 amide bonds. The monoisotopic (exact) mass is 426 g/mol. The summed E-state index contributed by atoms with van der Waals surface area (Å²) in [4.78, 5) is 24.3. The number of aliphatic imine (C=N–C) groups is 2. The van der Waals surface area contributed by atoms with Crippen molar-refractivity contribution in [3.63, 3.8) is 0 Å². The molecule has 0 bridgehead atoms. The van der Waals surface area contributed by atoms with Crippen LogP contribution >= 0.6 is 0 Å². The van der Waals surface area contributed by atoms with Gasteiger partial charge in [0, 0.05) is 63.9 Å². The van der Waals surface area contributed by atoms with E-state index in [1.165, 1.54) is 6.33 Å². The van der Waals surface area contributed by atoms with Crippen LogP contribution in [0.2, 0.25) is 0 Å². The number of hydrogen-bond acceptors (Lipinski definition) is 8.